The standard InChI is InChI=1S/C17H14ClF2N5O/c18-12-4-1-3-11(14(12)20)17(5-2-6-17)23-16-21-8-10(9-22-16)15-25-24-13(7-19)26-15/h1,3-4,8-9H,2,5-7H2,(H,21,22,23). The zero-order valence-corrected chi connectivity index (χ0v) is 14.3. The average Bonchev–Trinajstić information content (AvgIpc) is 3.11. The quantitative estimate of drug-likeness (QED) is 0.715. The van der Waals surface area contributed by atoms with Gasteiger partial charge in [-0.05, 0) is 25.3 Å². The van der Waals surface area contributed by atoms with Crippen molar-refractivity contribution in [2.75, 3.05) is 5.32 Å². The summed E-state index contributed by atoms with van der Waals surface area (Å²) in [5.41, 5.74) is 0.398. The first-order chi connectivity index (χ1) is 12.6. The van der Waals surface area contributed by atoms with Gasteiger partial charge in [-0.2, -0.15) is 0 Å². The largest absolute Gasteiger partial charge is 0.418 e. The third-order valence-corrected chi connectivity index (χ3v) is 4.80. The van der Waals surface area contributed by atoms with E-state index < -0.39 is 18.0 Å². The normalized spacial score (nSPS) is 15.5. The van der Waals surface area contributed by atoms with E-state index in [1.54, 1.807) is 12.1 Å². The Kier molecular flexibility index (Phi) is 4.28. The van der Waals surface area contributed by atoms with Crippen LogP contribution in [0.2, 0.25) is 5.02 Å². The van der Waals surface area contributed by atoms with Gasteiger partial charge in [-0.1, -0.05) is 23.7 Å². The van der Waals surface area contributed by atoms with Gasteiger partial charge >= 0.3 is 0 Å². The first kappa shape index (κ1) is 16.8. The minimum atomic E-state index is -0.832. The molecule has 2 aromatic heterocycles. The molecule has 1 aromatic carbocycles. The summed E-state index contributed by atoms with van der Waals surface area (Å²) in [4.78, 5) is 8.47. The number of hydrogen-bond donors (Lipinski definition) is 1. The lowest BCUT2D eigenvalue weighted by Gasteiger charge is -2.43. The Balaban J connectivity index is 1.59. The van der Waals surface area contributed by atoms with Crippen LogP contribution >= 0.6 is 11.6 Å². The number of hydrogen-bond acceptors (Lipinski definition) is 6. The zero-order valence-electron chi connectivity index (χ0n) is 13.5. The van der Waals surface area contributed by atoms with Crippen molar-refractivity contribution in [2.24, 2.45) is 0 Å². The molecule has 6 nitrogen and oxygen atoms in total. The predicted octanol–water partition coefficient (Wildman–Crippen LogP) is 4.28. The van der Waals surface area contributed by atoms with Crippen LogP contribution in [-0.2, 0) is 12.2 Å². The molecule has 1 N–H and O–H groups in total. The molecule has 1 aliphatic carbocycles. The second-order valence-electron chi connectivity index (χ2n) is 6.09. The third-order valence-electron chi connectivity index (χ3n) is 4.51. The summed E-state index contributed by atoms with van der Waals surface area (Å²) in [6, 6.07) is 4.97. The number of nitrogens with one attached hydrogen (secondary N) is 1. The van der Waals surface area contributed by atoms with Crippen LogP contribution < -0.4 is 5.32 Å². The van der Waals surface area contributed by atoms with Crippen LogP contribution in [0.15, 0.2) is 35.0 Å². The molecule has 9 heteroatoms. The fourth-order valence-electron chi connectivity index (χ4n) is 3.01. The van der Waals surface area contributed by atoms with Crippen molar-refractivity contribution in [3.8, 4) is 11.5 Å². The fourth-order valence-corrected chi connectivity index (χ4v) is 3.18. The number of rotatable bonds is 5. The summed E-state index contributed by atoms with van der Waals surface area (Å²) >= 11 is 5.92. The molecule has 0 unspecified atom stereocenters. The van der Waals surface area contributed by atoms with Crippen LogP contribution in [0.4, 0.5) is 14.7 Å². The van der Waals surface area contributed by atoms with Crippen LogP contribution in [0.1, 0.15) is 30.7 Å². The van der Waals surface area contributed by atoms with E-state index in [9.17, 15) is 8.78 Å². The number of nitrogens with zero attached hydrogens (tertiary/aromatic N) is 4. The van der Waals surface area contributed by atoms with Crippen molar-refractivity contribution in [1.82, 2.24) is 20.2 Å². The number of benzene rings is 1. The van der Waals surface area contributed by atoms with Crippen molar-refractivity contribution in [3.05, 3.63) is 52.9 Å². The van der Waals surface area contributed by atoms with E-state index in [4.69, 9.17) is 16.0 Å². The van der Waals surface area contributed by atoms with E-state index in [-0.39, 0.29) is 16.8 Å². The molecule has 2 heterocycles. The van der Waals surface area contributed by atoms with E-state index in [0.717, 1.165) is 19.3 Å². The second kappa shape index (κ2) is 6.60. The molecule has 0 spiro atoms. The molecule has 3 aromatic rings. The predicted molar refractivity (Wildman–Crippen MR) is 90.7 cm³/mol. The Hall–Kier alpha value is -2.61. The van der Waals surface area contributed by atoms with Crippen molar-refractivity contribution in [2.45, 2.75) is 31.5 Å². The molecule has 0 radical (unpaired) electrons. The Bertz CT molecular complexity index is 927. The van der Waals surface area contributed by atoms with Crippen LogP contribution in [0.5, 0.6) is 0 Å². The molecule has 0 bridgehead atoms. The van der Waals surface area contributed by atoms with Gasteiger partial charge < -0.3 is 9.73 Å². The van der Waals surface area contributed by atoms with Crippen molar-refractivity contribution >= 4 is 17.5 Å². The van der Waals surface area contributed by atoms with Gasteiger partial charge in [0.1, 0.15) is 5.82 Å². The highest BCUT2D eigenvalue weighted by molar-refractivity contribution is 6.30. The zero-order chi connectivity index (χ0) is 18.1. The lowest BCUT2D eigenvalue weighted by Crippen LogP contribution is -2.43. The Morgan fingerprint density at radius 2 is 1.96 bits per heavy atom. The highest BCUT2D eigenvalue weighted by Crippen LogP contribution is 2.45. The van der Waals surface area contributed by atoms with E-state index >= 15 is 0 Å². The van der Waals surface area contributed by atoms with Crippen LogP contribution in [0.25, 0.3) is 11.5 Å². The maximum Gasteiger partial charge on any atom is 0.251 e. The van der Waals surface area contributed by atoms with Gasteiger partial charge in [-0.3, -0.25) is 0 Å². The summed E-state index contributed by atoms with van der Waals surface area (Å²) in [5.74, 6) is -0.0452. The third kappa shape index (κ3) is 2.90. The summed E-state index contributed by atoms with van der Waals surface area (Å²) < 4.78 is 32.1. The van der Waals surface area contributed by atoms with E-state index in [2.05, 4.69) is 25.5 Å². The minimum Gasteiger partial charge on any atom is -0.418 e. The molecule has 0 saturated heterocycles. The van der Waals surface area contributed by atoms with Gasteiger partial charge in [0.15, 0.2) is 6.67 Å². The second-order valence-corrected chi connectivity index (χ2v) is 6.50. The van der Waals surface area contributed by atoms with E-state index in [1.807, 2.05) is 0 Å². The smallest absolute Gasteiger partial charge is 0.251 e. The average molecular weight is 378 g/mol. The summed E-state index contributed by atoms with van der Waals surface area (Å²) in [6.07, 6.45) is 5.44. The highest BCUT2D eigenvalue weighted by Gasteiger charge is 2.41. The Morgan fingerprint density at radius 3 is 2.58 bits per heavy atom. The maximum atomic E-state index is 14.5. The maximum absolute atomic E-state index is 14.5. The van der Waals surface area contributed by atoms with Gasteiger partial charge in [0.05, 0.1) is 16.1 Å². The minimum absolute atomic E-state index is 0.0897. The van der Waals surface area contributed by atoms with E-state index in [1.165, 1.54) is 18.5 Å². The van der Waals surface area contributed by atoms with Crippen LogP contribution in [0.3, 0.4) is 0 Å². The SMILES string of the molecule is FCc1nnc(-c2cnc(NC3(c4cccc(Cl)c4F)CCC3)nc2)o1. The van der Waals surface area contributed by atoms with Gasteiger partial charge in [0.2, 0.25) is 11.8 Å². The van der Waals surface area contributed by atoms with E-state index in [0.29, 0.717) is 17.1 Å². The van der Waals surface area contributed by atoms with Gasteiger partial charge in [-0.15, -0.1) is 10.2 Å². The molecule has 4 rings (SSSR count). The molecule has 1 fully saturated rings. The highest BCUT2D eigenvalue weighted by atomic mass is 35.5. The fraction of sp³-hybridized carbons (Fsp3) is 0.294. The van der Waals surface area contributed by atoms with Gasteiger partial charge in [-0.25, -0.2) is 18.7 Å². The molecule has 0 amide bonds. The van der Waals surface area contributed by atoms with Crippen LogP contribution in [0, 0.1) is 5.82 Å². The summed E-state index contributed by atoms with van der Waals surface area (Å²) in [5, 5.41) is 10.6. The molecular weight excluding hydrogens is 364 g/mol. The summed E-state index contributed by atoms with van der Waals surface area (Å²) in [6.45, 7) is -0.832. The Morgan fingerprint density at radius 1 is 1.19 bits per heavy atom. The first-order valence-electron chi connectivity index (χ1n) is 8.05. The molecule has 26 heavy (non-hydrogen) atoms. The van der Waals surface area contributed by atoms with Crippen LogP contribution in [-0.4, -0.2) is 20.2 Å². The number of halogens is 3. The number of alkyl halides is 1. The molecular formula is C17H14ClF2N5O. The van der Waals surface area contributed by atoms with Crippen molar-refractivity contribution in [3.63, 3.8) is 0 Å². The molecule has 1 saturated carbocycles. The molecule has 0 aliphatic heterocycles. The lowest BCUT2D eigenvalue weighted by molar-refractivity contribution is 0.273. The first-order valence-corrected chi connectivity index (χ1v) is 8.42. The molecule has 0 atom stereocenters. The topological polar surface area (TPSA) is 76.7 Å². The monoisotopic (exact) mass is 377 g/mol. The van der Waals surface area contributed by atoms with Crippen molar-refractivity contribution < 1.29 is 13.2 Å². The Labute approximate surface area is 152 Å². The number of aromatic nitrogens is 4. The number of anilines is 1. The van der Waals surface area contributed by atoms with Gasteiger partial charge in [0, 0.05) is 18.0 Å². The summed E-state index contributed by atoms with van der Waals surface area (Å²) in [7, 11) is 0. The molecule has 134 valence electrons. The lowest BCUT2D eigenvalue weighted by atomic mass is 9.71. The van der Waals surface area contributed by atoms with Gasteiger partial charge in [0.25, 0.3) is 5.89 Å². The van der Waals surface area contributed by atoms with Crippen molar-refractivity contribution in [1.29, 1.82) is 0 Å². The molecule has 1 aliphatic rings.